The van der Waals surface area contributed by atoms with Crippen molar-refractivity contribution in [1.82, 2.24) is 9.97 Å². The van der Waals surface area contributed by atoms with Crippen molar-refractivity contribution in [1.29, 1.82) is 0 Å². The van der Waals surface area contributed by atoms with E-state index in [1.54, 1.807) is 6.20 Å². The minimum atomic E-state index is 0.645. The molecule has 1 aromatic heterocycles. The highest BCUT2D eigenvalue weighted by Gasteiger charge is 2.02. The summed E-state index contributed by atoms with van der Waals surface area (Å²) < 4.78 is 0. The lowest BCUT2D eigenvalue weighted by Gasteiger charge is -2.12. The predicted molar refractivity (Wildman–Crippen MR) is 76.8 cm³/mol. The van der Waals surface area contributed by atoms with Crippen LogP contribution in [-0.2, 0) is 0 Å². The van der Waals surface area contributed by atoms with Gasteiger partial charge in [0.2, 0.25) is 5.95 Å². The van der Waals surface area contributed by atoms with Gasteiger partial charge in [0, 0.05) is 19.3 Å². The van der Waals surface area contributed by atoms with Gasteiger partial charge in [0.05, 0.1) is 0 Å². The van der Waals surface area contributed by atoms with Gasteiger partial charge in [-0.2, -0.15) is 16.7 Å². The molecule has 96 valence electrons. The van der Waals surface area contributed by atoms with E-state index in [4.69, 9.17) is 0 Å². The van der Waals surface area contributed by atoms with Gasteiger partial charge >= 0.3 is 0 Å². The SMILES string of the molecule is CCCNc1nccc(NCC(C)CSC)n1. The molecule has 5 heteroatoms. The molecule has 0 radical (unpaired) electrons. The Labute approximate surface area is 108 Å². The number of rotatable bonds is 8. The molecule has 1 heterocycles. The molecule has 17 heavy (non-hydrogen) atoms. The molecule has 0 spiro atoms. The van der Waals surface area contributed by atoms with Gasteiger partial charge in [-0.15, -0.1) is 0 Å². The summed E-state index contributed by atoms with van der Waals surface area (Å²) in [5, 5.41) is 6.52. The Morgan fingerprint density at radius 2 is 2.24 bits per heavy atom. The van der Waals surface area contributed by atoms with E-state index in [0.29, 0.717) is 11.9 Å². The molecule has 0 saturated carbocycles. The molecule has 1 unspecified atom stereocenters. The third-order valence-corrected chi connectivity index (χ3v) is 3.17. The van der Waals surface area contributed by atoms with Crippen LogP contribution in [-0.4, -0.2) is 35.1 Å². The van der Waals surface area contributed by atoms with Crippen LogP contribution in [0.3, 0.4) is 0 Å². The van der Waals surface area contributed by atoms with Crippen LogP contribution in [0.1, 0.15) is 20.3 Å². The predicted octanol–water partition coefficient (Wildman–Crippen LogP) is 2.71. The minimum absolute atomic E-state index is 0.645. The van der Waals surface area contributed by atoms with Crippen molar-refractivity contribution in [3.63, 3.8) is 0 Å². The second kappa shape index (κ2) is 8.17. The van der Waals surface area contributed by atoms with Crippen LogP contribution < -0.4 is 10.6 Å². The van der Waals surface area contributed by atoms with Gasteiger partial charge < -0.3 is 10.6 Å². The third kappa shape index (κ3) is 5.77. The van der Waals surface area contributed by atoms with Crippen LogP contribution in [0, 0.1) is 5.92 Å². The van der Waals surface area contributed by atoms with E-state index >= 15 is 0 Å². The first-order valence-electron chi connectivity index (χ1n) is 6.06. The Hall–Kier alpha value is -0.970. The van der Waals surface area contributed by atoms with Gasteiger partial charge in [-0.05, 0) is 30.4 Å². The summed E-state index contributed by atoms with van der Waals surface area (Å²) in [5.41, 5.74) is 0. The molecule has 1 rings (SSSR count). The second-order valence-corrected chi connectivity index (χ2v) is 5.04. The van der Waals surface area contributed by atoms with Crippen LogP contribution in [0.2, 0.25) is 0 Å². The van der Waals surface area contributed by atoms with Crippen LogP contribution >= 0.6 is 11.8 Å². The first-order valence-corrected chi connectivity index (χ1v) is 7.45. The lowest BCUT2D eigenvalue weighted by molar-refractivity contribution is 0.699. The Kier molecular flexibility index (Phi) is 6.77. The maximum Gasteiger partial charge on any atom is 0.224 e. The number of hydrogen-bond acceptors (Lipinski definition) is 5. The standard InChI is InChI=1S/C12H22N4S/c1-4-6-13-12-14-7-5-11(16-12)15-8-10(2)9-17-3/h5,7,10H,4,6,8-9H2,1-3H3,(H2,13,14,15,16). The lowest BCUT2D eigenvalue weighted by atomic mass is 10.2. The third-order valence-electron chi connectivity index (χ3n) is 2.27. The Morgan fingerprint density at radius 1 is 1.41 bits per heavy atom. The summed E-state index contributed by atoms with van der Waals surface area (Å²) in [6.07, 6.45) is 4.99. The molecule has 0 bridgehead atoms. The van der Waals surface area contributed by atoms with Crippen molar-refractivity contribution in [2.75, 3.05) is 35.7 Å². The molecule has 0 aliphatic heterocycles. The number of nitrogens with one attached hydrogen (secondary N) is 2. The van der Waals surface area contributed by atoms with Crippen molar-refractivity contribution in [2.45, 2.75) is 20.3 Å². The lowest BCUT2D eigenvalue weighted by Crippen LogP contribution is -2.14. The van der Waals surface area contributed by atoms with Gasteiger partial charge in [-0.25, -0.2) is 4.98 Å². The summed E-state index contributed by atoms with van der Waals surface area (Å²) in [6.45, 7) is 6.22. The number of aromatic nitrogens is 2. The maximum atomic E-state index is 4.40. The summed E-state index contributed by atoms with van der Waals surface area (Å²) in [6, 6.07) is 1.91. The van der Waals surface area contributed by atoms with Crippen molar-refractivity contribution >= 4 is 23.5 Å². The molecule has 0 amide bonds. The maximum absolute atomic E-state index is 4.40. The average Bonchev–Trinajstić information content (AvgIpc) is 2.35. The Bertz CT molecular complexity index is 319. The van der Waals surface area contributed by atoms with Gasteiger partial charge in [0.25, 0.3) is 0 Å². The fourth-order valence-electron chi connectivity index (χ4n) is 1.40. The van der Waals surface area contributed by atoms with E-state index in [-0.39, 0.29) is 0 Å². The van der Waals surface area contributed by atoms with Crippen molar-refractivity contribution in [3.05, 3.63) is 12.3 Å². The fourth-order valence-corrected chi connectivity index (χ4v) is 2.09. The zero-order valence-corrected chi connectivity index (χ0v) is 11.7. The first kappa shape index (κ1) is 14.1. The molecule has 1 atom stereocenters. The molecule has 1 aromatic rings. The summed E-state index contributed by atoms with van der Waals surface area (Å²) in [4.78, 5) is 8.58. The molecular formula is C12H22N4S. The van der Waals surface area contributed by atoms with E-state index < -0.39 is 0 Å². The van der Waals surface area contributed by atoms with Gasteiger partial charge in [-0.1, -0.05) is 13.8 Å². The quantitative estimate of drug-likeness (QED) is 0.747. The zero-order chi connectivity index (χ0) is 12.5. The van der Waals surface area contributed by atoms with Crippen LogP contribution in [0.25, 0.3) is 0 Å². The van der Waals surface area contributed by atoms with E-state index in [1.165, 1.54) is 5.75 Å². The molecule has 0 saturated heterocycles. The zero-order valence-electron chi connectivity index (χ0n) is 10.9. The average molecular weight is 254 g/mol. The van der Waals surface area contributed by atoms with E-state index in [0.717, 1.165) is 25.3 Å². The van der Waals surface area contributed by atoms with Gasteiger partial charge in [0.15, 0.2) is 0 Å². The molecule has 0 aliphatic carbocycles. The molecular weight excluding hydrogens is 232 g/mol. The topological polar surface area (TPSA) is 49.8 Å². The molecule has 2 N–H and O–H groups in total. The molecule has 4 nitrogen and oxygen atoms in total. The second-order valence-electron chi connectivity index (χ2n) is 4.13. The van der Waals surface area contributed by atoms with E-state index in [9.17, 15) is 0 Å². The fraction of sp³-hybridized carbons (Fsp3) is 0.667. The Morgan fingerprint density at radius 3 is 2.94 bits per heavy atom. The van der Waals surface area contributed by atoms with Crippen LogP contribution in [0.4, 0.5) is 11.8 Å². The highest BCUT2D eigenvalue weighted by molar-refractivity contribution is 7.98. The summed E-state index contributed by atoms with van der Waals surface area (Å²) >= 11 is 1.87. The van der Waals surface area contributed by atoms with Gasteiger partial charge in [0.1, 0.15) is 5.82 Å². The highest BCUT2D eigenvalue weighted by atomic mass is 32.2. The Balaban J connectivity index is 2.42. The number of hydrogen-bond donors (Lipinski definition) is 2. The number of anilines is 2. The molecule has 0 aliphatic rings. The van der Waals surface area contributed by atoms with Crippen LogP contribution in [0.5, 0.6) is 0 Å². The smallest absolute Gasteiger partial charge is 0.224 e. The molecule has 0 aromatic carbocycles. The molecule has 0 fully saturated rings. The first-order chi connectivity index (χ1) is 8.26. The summed E-state index contributed by atoms with van der Waals surface area (Å²) in [7, 11) is 0. The van der Waals surface area contributed by atoms with Crippen molar-refractivity contribution in [2.24, 2.45) is 5.92 Å². The highest BCUT2D eigenvalue weighted by Crippen LogP contribution is 2.09. The van der Waals surface area contributed by atoms with Gasteiger partial charge in [-0.3, -0.25) is 0 Å². The van der Waals surface area contributed by atoms with E-state index in [2.05, 4.69) is 40.7 Å². The largest absolute Gasteiger partial charge is 0.370 e. The monoisotopic (exact) mass is 254 g/mol. The number of nitrogens with zero attached hydrogens (tertiary/aromatic N) is 2. The number of thioether (sulfide) groups is 1. The van der Waals surface area contributed by atoms with Crippen molar-refractivity contribution in [3.8, 4) is 0 Å². The summed E-state index contributed by atoms with van der Waals surface area (Å²) in [5.74, 6) is 3.41. The minimum Gasteiger partial charge on any atom is -0.370 e. The van der Waals surface area contributed by atoms with E-state index in [1.807, 2.05) is 17.8 Å². The van der Waals surface area contributed by atoms with Crippen molar-refractivity contribution < 1.29 is 0 Å². The normalized spacial score (nSPS) is 12.2. The van der Waals surface area contributed by atoms with Crippen LogP contribution in [0.15, 0.2) is 12.3 Å².